The topological polar surface area (TPSA) is 50.7 Å². The maximum absolute atomic E-state index is 13.3. The molecule has 0 aromatic heterocycles. The molecule has 6 heteroatoms. The van der Waals surface area contributed by atoms with Crippen molar-refractivity contribution in [2.75, 3.05) is 13.1 Å². The van der Waals surface area contributed by atoms with Crippen LogP contribution in [0.3, 0.4) is 0 Å². The second-order valence-electron chi connectivity index (χ2n) is 8.10. The Bertz CT molecular complexity index is 791. The van der Waals surface area contributed by atoms with E-state index < -0.39 is 6.10 Å². The minimum absolute atomic E-state index is 0.0605. The number of ether oxygens (including phenoxy) is 2. The first-order valence-corrected chi connectivity index (χ1v) is 10.3. The van der Waals surface area contributed by atoms with E-state index in [9.17, 15) is 13.9 Å². The van der Waals surface area contributed by atoms with E-state index in [0.717, 1.165) is 29.7 Å². The highest BCUT2D eigenvalue weighted by atomic mass is 19.1. The molecule has 0 saturated heterocycles. The fourth-order valence-electron chi connectivity index (χ4n) is 4.15. The number of hydrogen-bond acceptors (Lipinski definition) is 4. The van der Waals surface area contributed by atoms with Crippen molar-refractivity contribution in [2.45, 2.75) is 50.9 Å². The van der Waals surface area contributed by atoms with Crippen LogP contribution in [0.5, 0.6) is 11.5 Å². The Balaban J connectivity index is 1.24. The molecule has 0 spiro atoms. The van der Waals surface area contributed by atoms with Gasteiger partial charge < -0.3 is 19.9 Å². The van der Waals surface area contributed by atoms with Gasteiger partial charge in [-0.3, -0.25) is 0 Å². The lowest BCUT2D eigenvalue weighted by atomic mass is 9.94. The first-order chi connectivity index (χ1) is 14.0. The van der Waals surface area contributed by atoms with Gasteiger partial charge in [0.25, 0.3) is 0 Å². The summed E-state index contributed by atoms with van der Waals surface area (Å²) in [6.07, 6.45) is 2.13. The Morgan fingerprint density at radius 3 is 2.10 bits per heavy atom. The quantitative estimate of drug-likeness (QED) is 0.773. The number of fused-ring (bicyclic) bond motifs is 2. The van der Waals surface area contributed by atoms with Crippen LogP contribution in [0.25, 0.3) is 0 Å². The van der Waals surface area contributed by atoms with E-state index in [1.165, 1.54) is 18.2 Å². The lowest BCUT2D eigenvalue weighted by Gasteiger charge is -2.32. The third-order valence-electron chi connectivity index (χ3n) is 5.88. The molecule has 2 heterocycles. The molecular formula is C23H27F2NO3. The number of aliphatic hydroxyl groups excluding tert-OH is 1. The minimum atomic E-state index is -0.642. The molecule has 2 N–H and O–H groups in total. The van der Waals surface area contributed by atoms with Crippen LogP contribution in [0.15, 0.2) is 36.4 Å². The van der Waals surface area contributed by atoms with Crippen molar-refractivity contribution in [1.29, 1.82) is 0 Å². The Morgan fingerprint density at radius 1 is 0.931 bits per heavy atom. The fraction of sp³-hybridized carbons (Fsp3) is 0.478. The van der Waals surface area contributed by atoms with Gasteiger partial charge in [-0.05, 0) is 73.2 Å². The van der Waals surface area contributed by atoms with E-state index in [0.29, 0.717) is 31.7 Å². The maximum Gasteiger partial charge on any atom is 0.126 e. The monoisotopic (exact) mass is 403 g/mol. The predicted molar refractivity (Wildman–Crippen MR) is 106 cm³/mol. The molecule has 4 atom stereocenters. The summed E-state index contributed by atoms with van der Waals surface area (Å²) in [7, 11) is 0. The molecule has 2 aliphatic heterocycles. The zero-order chi connectivity index (χ0) is 20.4. The molecule has 4 rings (SSSR count). The van der Waals surface area contributed by atoms with Crippen molar-refractivity contribution in [3.8, 4) is 11.5 Å². The molecule has 0 amide bonds. The smallest absolute Gasteiger partial charge is 0.126 e. The molecule has 0 bridgehead atoms. The third-order valence-corrected chi connectivity index (χ3v) is 5.88. The van der Waals surface area contributed by atoms with Crippen LogP contribution in [-0.4, -0.2) is 36.5 Å². The van der Waals surface area contributed by atoms with E-state index in [1.807, 2.05) is 0 Å². The summed E-state index contributed by atoms with van der Waals surface area (Å²) < 4.78 is 38.5. The fourth-order valence-corrected chi connectivity index (χ4v) is 4.15. The molecule has 0 aliphatic carbocycles. The van der Waals surface area contributed by atoms with Crippen LogP contribution in [0.2, 0.25) is 0 Å². The van der Waals surface area contributed by atoms with Gasteiger partial charge in [-0.25, -0.2) is 8.78 Å². The molecule has 2 aromatic rings. The molecule has 2 aromatic carbocycles. The van der Waals surface area contributed by atoms with Gasteiger partial charge in [0.05, 0.1) is 0 Å². The first-order valence-electron chi connectivity index (χ1n) is 10.3. The lowest BCUT2D eigenvalue weighted by molar-refractivity contribution is 0.0228. The van der Waals surface area contributed by atoms with E-state index >= 15 is 0 Å². The highest BCUT2D eigenvalue weighted by Crippen LogP contribution is 2.31. The highest BCUT2D eigenvalue weighted by Gasteiger charge is 2.28. The number of benzene rings is 2. The van der Waals surface area contributed by atoms with E-state index in [4.69, 9.17) is 9.47 Å². The second-order valence-corrected chi connectivity index (χ2v) is 8.10. The number of aliphatic hydroxyl groups is 1. The predicted octanol–water partition coefficient (Wildman–Crippen LogP) is 3.64. The summed E-state index contributed by atoms with van der Waals surface area (Å²) in [6, 6.07) is 9.17. The molecule has 156 valence electrons. The van der Waals surface area contributed by atoms with Gasteiger partial charge in [-0.2, -0.15) is 0 Å². The summed E-state index contributed by atoms with van der Waals surface area (Å²) in [5.41, 5.74) is 1.77. The van der Waals surface area contributed by atoms with Crippen molar-refractivity contribution in [2.24, 2.45) is 5.92 Å². The lowest BCUT2D eigenvalue weighted by Crippen LogP contribution is -2.44. The van der Waals surface area contributed by atoms with Crippen LogP contribution in [0, 0.1) is 17.6 Å². The summed E-state index contributed by atoms with van der Waals surface area (Å²) in [5, 5.41) is 13.8. The molecular weight excluding hydrogens is 376 g/mol. The molecule has 0 fully saturated rings. The first kappa shape index (κ1) is 20.1. The van der Waals surface area contributed by atoms with Crippen molar-refractivity contribution >= 4 is 0 Å². The molecule has 4 nitrogen and oxygen atoms in total. The zero-order valence-corrected chi connectivity index (χ0v) is 16.5. The molecule has 29 heavy (non-hydrogen) atoms. The van der Waals surface area contributed by atoms with Crippen LogP contribution in [-0.2, 0) is 12.8 Å². The summed E-state index contributed by atoms with van der Waals surface area (Å²) in [4.78, 5) is 0. The average Bonchev–Trinajstić information content (AvgIpc) is 2.72. The van der Waals surface area contributed by atoms with Crippen LogP contribution < -0.4 is 14.8 Å². The number of halogens is 2. The Kier molecular flexibility index (Phi) is 6.01. The third kappa shape index (κ3) is 4.70. The average molecular weight is 403 g/mol. The number of rotatable bonds is 6. The molecule has 2 aliphatic rings. The Morgan fingerprint density at radius 2 is 1.48 bits per heavy atom. The van der Waals surface area contributed by atoms with E-state index in [-0.39, 0.29) is 29.8 Å². The van der Waals surface area contributed by atoms with E-state index in [1.54, 1.807) is 18.2 Å². The van der Waals surface area contributed by atoms with Gasteiger partial charge in [0, 0.05) is 19.0 Å². The van der Waals surface area contributed by atoms with E-state index in [2.05, 4.69) is 12.2 Å². The number of hydrogen-bond donors (Lipinski definition) is 2. The zero-order valence-electron chi connectivity index (χ0n) is 16.5. The minimum Gasteiger partial charge on any atom is -0.490 e. The van der Waals surface area contributed by atoms with Crippen molar-refractivity contribution < 1.29 is 23.4 Å². The van der Waals surface area contributed by atoms with Crippen molar-refractivity contribution in [3.05, 3.63) is 59.2 Å². The van der Waals surface area contributed by atoms with Gasteiger partial charge in [0.15, 0.2) is 0 Å². The normalized spacial score (nSPS) is 22.6. The molecule has 1 unspecified atom stereocenters. The van der Waals surface area contributed by atoms with Crippen molar-refractivity contribution in [1.82, 2.24) is 5.32 Å². The number of aryl methyl sites for hydroxylation is 2. The van der Waals surface area contributed by atoms with Crippen LogP contribution >= 0.6 is 0 Å². The summed E-state index contributed by atoms with van der Waals surface area (Å²) in [5.74, 6) is 1.17. The van der Waals surface area contributed by atoms with Gasteiger partial charge in [-0.15, -0.1) is 0 Å². The maximum atomic E-state index is 13.3. The SMILES string of the molecule is CC(CNC[C@H](O)[C@H]1CCc2cc(F)ccc2O1)[C@@H]1CCc2cc(F)ccc2O1. The second kappa shape index (κ2) is 8.67. The van der Waals surface area contributed by atoms with Crippen molar-refractivity contribution in [3.63, 3.8) is 0 Å². The van der Waals surface area contributed by atoms with Gasteiger partial charge in [-0.1, -0.05) is 6.92 Å². The number of nitrogens with one attached hydrogen (secondary N) is 1. The Labute approximate surface area is 169 Å². The molecule has 0 saturated carbocycles. The highest BCUT2D eigenvalue weighted by molar-refractivity contribution is 5.36. The largest absolute Gasteiger partial charge is 0.490 e. The van der Waals surface area contributed by atoms with Gasteiger partial charge in [0.2, 0.25) is 0 Å². The van der Waals surface area contributed by atoms with Gasteiger partial charge >= 0.3 is 0 Å². The van der Waals surface area contributed by atoms with Gasteiger partial charge in [0.1, 0.15) is 41.4 Å². The molecule has 0 radical (unpaired) electrons. The van der Waals surface area contributed by atoms with Crippen LogP contribution in [0.1, 0.15) is 30.9 Å². The standard InChI is InChI=1S/C23H27F2NO3/c1-14(20-6-2-15-10-17(24)4-8-21(15)28-20)12-26-13-19(27)23-7-3-16-11-18(25)5-9-22(16)29-23/h4-5,8-11,14,19-20,23,26-27H,2-3,6-7,12-13H2,1H3/t14?,19-,20-,23+/m0/s1. The summed E-state index contributed by atoms with van der Waals surface area (Å²) in [6.45, 7) is 3.23. The Hall–Kier alpha value is -2.18. The van der Waals surface area contributed by atoms with Crippen LogP contribution in [0.4, 0.5) is 8.78 Å². The summed E-state index contributed by atoms with van der Waals surface area (Å²) >= 11 is 0.